The van der Waals surface area contributed by atoms with Gasteiger partial charge in [-0.15, -0.1) is 0 Å². The van der Waals surface area contributed by atoms with Crippen molar-refractivity contribution in [2.24, 2.45) is 11.7 Å². The number of halogens is 2. The summed E-state index contributed by atoms with van der Waals surface area (Å²) in [5, 5.41) is 4.82. The Morgan fingerprint density at radius 1 is 1.22 bits per heavy atom. The SMILES string of the molecule is COc1ccc(NC(=O)[C@H](NC(N)=O)C(C)C)cc1OC(F)F. The van der Waals surface area contributed by atoms with Gasteiger partial charge in [-0.2, -0.15) is 8.78 Å². The minimum atomic E-state index is -3.03. The summed E-state index contributed by atoms with van der Waals surface area (Å²) in [6.45, 7) is 0.411. The summed E-state index contributed by atoms with van der Waals surface area (Å²) in [6, 6.07) is 2.32. The molecule has 4 N–H and O–H groups in total. The van der Waals surface area contributed by atoms with E-state index in [0.29, 0.717) is 0 Å². The Labute approximate surface area is 132 Å². The van der Waals surface area contributed by atoms with E-state index in [1.54, 1.807) is 13.8 Å². The van der Waals surface area contributed by atoms with Crippen LogP contribution in [0.2, 0.25) is 0 Å². The Morgan fingerprint density at radius 3 is 2.35 bits per heavy atom. The molecule has 0 aromatic heterocycles. The number of carbonyl (C=O) groups is 2. The van der Waals surface area contributed by atoms with Gasteiger partial charge in [-0.3, -0.25) is 4.79 Å². The van der Waals surface area contributed by atoms with Crippen LogP contribution in [-0.4, -0.2) is 31.7 Å². The zero-order valence-corrected chi connectivity index (χ0v) is 12.9. The molecule has 0 radical (unpaired) electrons. The lowest BCUT2D eigenvalue weighted by Crippen LogP contribution is -2.49. The molecular weight excluding hydrogens is 312 g/mol. The van der Waals surface area contributed by atoms with Gasteiger partial charge < -0.3 is 25.8 Å². The minimum absolute atomic E-state index is 0.0963. The van der Waals surface area contributed by atoms with Crippen molar-refractivity contribution < 1.29 is 27.8 Å². The fourth-order valence-electron chi connectivity index (χ4n) is 1.85. The third-order valence-electron chi connectivity index (χ3n) is 2.89. The molecule has 0 aliphatic rings. The second-order valence-corrected chi connectivity index (χ2v) is 4.96. The molecule has 1 rings (SSSR count). The maximum Gasteiger partial charge on any atom is 0.387 e. The Morgan fingerprint density at radius 2 is 1.87 bits per heavy atom. The summed E-state index contributed by atoms with van der Waals surface area (Å²) in [4.78, 5) is 23.1. The first kappa shape index (κ1) is 18.5. The zero-order valence-electron chi connectivity index (χ0n) is 12.9. The number of alkyl halides is 2. The van der Waals surface area contributed by atoms with Crippen LogP contribution in [0.4, 0.5) is 19.3 Å². The standard InChI is InChI=1S/C14H19F2N3O4/c1-7(2)11(19-14(17)21)12(20)18-8-4-5-9(22-3)10(6-8)23-13(15)16/h4-7,11,13H,1-3H3,(H,18,20)(H3,17,19,21)/t11-/m1/s1. The normalized spacial score (nSPS) is 12.0. The van der Waals surface area contributed by atoms with Gasteiger partial charge in [-0.1, -0.05) is 13.8 Å². The van der Waals surface area contributed by atoms with Crippen LogP contribution in [0, 0.1) is 5.92 Å². The molecular formula is C14H19F2N3O4. The van der Waals surface area contributed by atoms with Crippen LogP contribution in [0.25, 0.3) is 0 Å². The first-order valence-corrected chi connectivity index (χ1v) is 6.74. The van der Waals surface area contributed by atoms with Gasteiger partial charge in [0.2, 0.25) is 5.91 Å². The molecule has 0 fully saturated rings. The van der Waals surface area contributed by atoms with E-state index in [4.69, 9.17) is 10.5 Å². The van der Waals surface area contributed by atoms with Gasteiger partial charge in [0.15, 0.2) is 11.5 Å². The van der Waals surface area contributed by atoms with E-state index in [9.17, 15) is 18.4 Å². The lowest BCUT2D eigenvalue weighted by Gasteiger charge is -2.21. The van der Waals surface area contributed by atoms with E-state index >= 15 is 0 Å². The van der Waals surface area contributed by atoms with Crippen LogP contribution in [0.3, 0.4) is 0 Å². The van der Waals surface area contributed by atoms with Crippen LogP contribution in [0.5, 0.6) is 11.5 Å². The molecule has 1 atom stereocenters. The maximum absolute atomic E-state index is 12.4. The molecule has 0 saturated heterocycles. The second-order valence-electron chi connectivity index (χ2n) is 4.96. The number of urea groups is 1. The molecule has 0 aliphatic carbocycles. The van der Waals surface area contributed by atoms with E-state index in [1.807, 2.05) is 0 Å². The Hall–Kier alpha value is -2.58. The van der Waals surface area contributed by atoms with Gasteiger partial charge in [0.05, 0.1) is 7.11 Å². The lowest BCUT2D eigenvalue weighted by molar-refractivity contribution is -0.118. The van der Waals surface area contributed by atoms with Crippen LogP contribution in [-0.2, 0) is 4.79 Å². The molecule has 0 bridgehead atoms. The fraction of sp³-hybridized carbons (Fsp3) is 0.429. The highest BCUT2D eigenvalue weighted by molar-refractivity contribution is 5.97. The van der Waals surface area contributed by atoms with Crippen molar-refractivity contribution in [2.45, 2.75) is 26.5 Å². The quantitative estimate of drug-likeness (QED) is 0.710. The van der Waals surface area contributed by atoms with Crippen molar-refractivity contribution in [3.05, 3.63) is 18.2 Å². The van der Waals surface area contributed by atoms with Crippen LogP contribution in [0.1, 0.15) is 13.8 Å². The molecule has 0 spiro atoms. The molecule has 3 amide bonds. The van der Waals surface area contributed by atoms with Crippen molar-refractivity contribution in [2.75, 3.05) is 12.4 Å². The van der Waals surface area contributed by atoms with Gasteiger partial charge in [0.25, 0.3) is 0 Å². The number of hydrogen-bond acceptors (Lipinski definition) is 4. The molecule has 128 valence electrons. The Kier molecular flexibility index (Phi) is 6.55. The number of nitrogens with two attached hydrogens (primary N) is 1. The van der Waals surface area contributed by atoms with Crippen molar-refractivity contribution >= 4 is 17.6 Å². The molecule has 0 aliphatic heterocycles. The van der Waals surface area contributed by atoms with E-state index in [-0.39, 0.29) is 23.1 Å². The van der Waals surface area contributed by atoms with Gasteiger partial charge in [-0.05, 0) is 18.1 Å². The predicted molar refractivity (Wildman–Crippen MR) is 79.6 cm³/mol. The molecule has 23 heavy (non-hydrogen) atoms. The summed E-state index contributed by atoms with van der Waals surface area (Å²) < 4.78 is 34.0. The van der Waals surface area contributed by atoms with Gasteiger partial charge in [0, 0.05) is 11.8 Å². The number of rotatable bonds is 7. The maximum atomic E-state index is 12.4. The number of methoxy groups -OCH3 is 1. The molecule has 0 saturated carbocycles. The average molecular weight is 331 g/mol. The number of anilines is 1. The Bertz CT molecular complexity index is 567. The highest BCUT2D eigenvalue weighted by atomic mass is 19.3. The molecule has 7 nitrogen and oxygen atoms in total. The van der Waals surface area contributed by atoms with Gasteiger partial charge >= 0.3 is 12.6 Å². The lowest BCUT2D eigenvalue weighted by atomic mass is 10.0. The summed E-state index contributed by atoms with van der Waals surface area (Å²) in [7, 11) is 1.30. The van der Waals surface area contributed by atoms with Crippen molar-refractivity contribution in [1.82, 2.24) is 5.32 Å². The fourth-order valence-corrected chi connectivity index (χ4v) is 1.85. The number of amides is 3. The highest BCUT2D eigenvalue weighted by Gasteiger charge is 2.23. The number of benzene rings is 1. The Balaban J connectivity index is 2.94. The van der Waals surface area contributed by atoms with Crippen molar-refractivity contribution in [3.8, 4) is 11.5 Å². The highest BCUT2D eigenvalue weighted by Crippen LogP contribution is 2.31. The number of hydrogen-bond donors (Lipinski definition) is 3. The third kappa shape index (κ3) is 5.61. The van der Waals surface area contributed by atoms with Gasteiger partial charge in [0.1, 0.15) is 6.04 Å². The molecule has 0 unspecified atom stereocenters. The largest absolute Gasteiger partial charge is 0.493 e. The predicted octanol–water partition coefficient (Wildman–Crippen LogP) is 1.93. The second kappa shape index (κ2) is 8.16. The average Bonchev–Trinajstić information content (AvgIpc) is 2.43. The number of carbonyl (C=O) groups excluding carboxylic acids is 2. The van der Waals surface area contributed by atoms with Gasteiger partial charge in [-0.25, -0.2) is 4.79 Å². The summed E-state index contributed by atoms with van der Waals surface area (Å²) in [5.41, 5.74) is 5.24. The van der Waals surface area contributed by atoms with E-state index in [2.05, 4.69) is 15.4 Å². The summed E-state index contributed by atoms with van der Waals surface area (Å²) in [5.74, 6) is -0.882. The number of ether oxygens (including phenoxy) is 2. The minimum Gasteiger partial charge on any atom is -0.493 e. The zero-order chi connectivity index (χ0) is 17.6. The van der Waals surface area contributed by atoms with Crippen molar-refractivity contribution in [3.63, 3.8) is 0 Å². The van der Waals surface area contributed by atoms with Crippen LogP contribution in [0.15, 0.2) is 18.2 Å². The van der Waals surface area contributed by atoms with Crippen LogP contribution < -0.4 is 25.8 Å². The number of nitrogens with one attached hydrogen (secondary N) is 2. The smallest absolute Gasteiger partial charge is 0.387 e. The third-order valence-corrected chi connectivity index (χ3v) is 2.89. The van der Waals surface area contributed by atoms with Crippen LogP contribution >= 0.6 is 0 Å². The van der Waals surface area contributed by atoms with Crippen molar-refractivity contribution in [1.29, 1.82) is 0 Å². The topological polar surface area (TPSA) is 103 Å². The van der Waals surface area contributed by atoms with E-state index in [1.165, 1.54) is 25.3 Å². The van der Waals surface area contributed by atoms with E-state index < -0.39 is 24.6 Å². The summed E-state index contributed by atoms with van der Waals surface area (Å²) >= 11 is 0. The summed E-state index contributed by atoms with van der Waals surface area (Å²) in [6.07, 6.45) is 0. The number of primary amides is 1. The molecule has 0 heterocycles. The first-order valence-electron chi connectivity index (χ1n) is 6.74. The first-order chi connectivity index (χ1) is 10.7. The molecule has 9 heteroatoms. The molecule has 1 aromatic rings. The monoisotopic (exact) mass is 331 g/mol. The molecule has 1 aromatic carbocycles. The van der Waals surface area contributed by atoms with E-state index in [0.717, 1.165) is 0 Å².